The van der Waals surface area contributed by atoms with Crippen LogP contribution in [0.2, 0.25) is 0 Å². The lowest BCUT2D eigenvalue weighted by Gasteiger charge is -2.49. The molecule has 0 aromatic rings. The van der Waals surface area contributed by atoms with Crippen molar-refractivity contribution in [3.05, 3.63) is 23.5 Å². The van der Waals surface area contributed by atoms with Gasteiger partial charge in [0.25, 0.3) is 0 Å². The summed E-state index contributed by atoms with van der Waals surface area (Å²) in [6, 6.07) is 0. The van der Waals surface area contributed by atoms with Crippen molar-refractivity contribution < 1.29 is 19.4 Å². The van der Waals surface area contributed by atoms with E-state index in [0.717, 1.165) is 12.0 Å². The van der Waals surface area contributed by atoms with Crippen molar-refractivity contribution in [2.24, 2.45) is 5.41 Å². The summed E-state index contributed by atoms with van der Waals surface area (Å²) >= 11 is 0. The van der Waals surface area contributed by atoms with Crippen LogP contribution in [-0.2, 0) is 14.3 Å². The molecule has 0 amide bonds. The normalized spacial score (nSPS) is 33.7. The first-order valence-corrected chi connectivity index (χ1v) is 6.19. The Kier molecular flexibility index (Phi) is 3.01. The van der Waals surface area contributed by atoms with E-state index in [0.29, 0.717) is 6.42 Å². The van der Waals surface area contributed by atoms with Crippen molar-refractivity contribution in [3.8, 4) is 0 Å². The monoisotopic (exact) mass is 252 g/mol. The van der Waals surface area contributed by atoms with Gasteiger partial charge in [-0.05, 0) is 36.8 Å². The summed E-state index contributed by atoms with van der Waals surface area (Å²) in [4.78, 5) is 11.5. The van der Waals surface area contributed by atoms with E-state index >= 15 is 0 Å². The van der Waals surface area contributed by atoms with Crippen LogP contribution in [-0.4, -0.2) is 29.9 Å². The lowest BCUT2D eigenvalue weighted by Crippen LogP contribution is -2.53. The molecule has 2 aliphatic rings. The molecule has 4 heteroatoms. The number of fused-ring (bicyclic) bond motifs is 1. The van der Waals surface area contributed by atoms with E-state index < -0.39 is 17.7 Å². The average molecular weight is 252 g/mol. The molecule has 1 aliphatic carbocycles. The van der Waals surface area contributed by atoms with Crippen LogP contribution < -0.4 is 0 Å². The fourth-order valence-electron chi connectivity index (χ4n) is 2.90. The van der Waals surface area contributed by atoms with E-state index in [-0.39, 0.29) is 11.2 Å². The Morgan fingerprint density at radius 2 is 2.11 bits per heavy atom. The highest BCUT2D eigenvalue weighted by molar-refractivity contribution is 5.87. The smallest absolute Gasteiger partial charge is 0.373 e. The molecule has 1 saturated carbocycles. The van der Waals surface area contributed by atoms with Crippen molar-refractivity contribution in [1.29, 1.82) is 0 Å². The summed E-state index contributed by atoms with van der Waals surface area (Å²) in [5, 5.41) is 10.2. The van der Waals surface area contributed by atoms with Gasteiger partial charge in [-0.25, -0.2) is 4.79 Å². The molecule has 2 rings (SSSR count). The quantitative estimate of drug-likeness (QED) is 0.725. The molecule has 1 fully saturated rings. The molecule has 1 unspecified atom stereocenters. The van der Waals surface area contributed by atoms with Crippen LogP contribution in [0.3, 0.4) is 0 Å². The predicted molar refractivity (Wildman–Crippen MR) is 66.7 cm³/mol. The third-order valence-electron chi connectivity index (χ3n) is 4.05. The van der Waals surface area contributed by atoms with Crippen LogP contribution >= 0.6 is 0 Å². The molecule has 1 heterocycles. The van der Waals surface area contributed by atoms with Gasteiger partial charge in [-0.1, -0.05) is 19.9 Å². The molecule has 100 valence electrons. The Morgan fingerprint density at radius 3 is 2.72 bits per heavy atom. The third kappa shape index (κ3) is 1.85. The zero-order chi connectivity index (χ0) is 13.6. The number of methoxy groups -OCH3 is 1. The number of carbonyl (C=O) groups excluding carboxylic acids is 1. The zero-order valence-corrected chi connectivity index (χ0v) is 11.3. The predicted octanol–water partition coefficient (Wildman–Crippen LogP) is 1.94. The van der Waals surface area contributed by atoms with Gasteiger partial charge in [-0.3, -0.25) is 0 Å². The Hall–Kier alpha value is -1.29. The van der Waals surface area contributed by atoms with Crippen molar-refractivity contribution in [1.82, 2.24) is 0 Å². The topological polar surface area (TPSA) is 55.8 Å². The van der Waals surface area contributed by atoms with E-state index in [2.05, 4.69) is 18.6 Å². The molecule has 0 aromatic heterocycles. The number of allylic oxidation sites excluding steroid dienone is 2. The lowest BCUT2D eigenvalue weighted by molar-refractivity contribution is -0.149. The van der Waals surface area contributed by atoms with Crippen LogP contribution in [0.1, 0.15) is 33.6 Å². The largest absolute Gasteiger partial charge is 0.473 e. The minimum absolute atomic E-state index is 0.0356. The second kappa shape index (κ2) is 4.12. The minimum atomic E-state index is -0.833. The van der Waals surface area contributed by atoms with Gasteiger partial charge in [-0.15, -0.1) is 0 Å². The van der Waals surface area contributed by atoms with Gasteiger partial charge in [0.05, 0.1) is 13.2 Å². The van der Waals surface area contributed by atoms with E-state index in [1.165, 1.54) is 7.11 Å². The summed E-state index contributed by atoms with van der Waals surface area (Å²) in [7, 11) is 1.31. The Balaban J connectivity index is 2.43. The van der Waals surface area contributed by atoms with E-state index in [4.69, 9.17) is 4.74 Å². The summed E-state index contributed by atoms with van der Waals surface area (Å²) in [6.07, 6.45) is 4.47. The fourth-order valence-corrected chi connectivity index (χ4v) is 2.90. The van der Waals surface area contributed by atoms with Crippen LogP contribution in [0, 0.1) is 5.41 Å². The number of aliphatic hydroxyl groups is 1. The van der Waals surface area contributed by atoms with Gasteiger partial charge in [0.2, 0.25) is 5.76 Å². The Morgan fingerprint density at radius 1 is 1.44 bits per heavy atom. The molecular weight excluding hydrogens is 232 g/mol. The standard InChI is InChI=1S/C14H20O4/c1-13(2)8-7-11(15)14(3)10(13)6-5-9(18-14)12(16)17-4/h5-6,11,15H,7-8H2,1-4H3/t11?,14-/m1/s1. The number of ether oxygens (including phenoxy) is 2. The number of esters is 1. The van der Waals surface area contributed by atoms with E-state index in [1.807, 2.05) is 13.0 Å². The molecule has 0 radical (unpaired) electrons. The van der Waals surface area contributed by atoms with E-state index in [1.54, 1.807) is 6.08 Å². The molecular formula is C14H20O4. The molecule has 4 nitrogen and oxygen atoms in total. The molecule has 1 aliphatic heterocycles. The van der Waals surface area contributed by atoms with Crippen molar-refractivity contribution in [2.75, 3.05) is 7.11 Å². The second-order valence-corrected chi connectivity index (χ2v) is 5.75. The van der Waals surface area contributed by atoms with Gasteiger partial charge in [-0.2, -0.15) is 0 Å². The second-order valence-electron chi connectivity index (χ2n) is 5.75. The SMILES string of the molecule is COC(=O)C1=CC=C2C(C)(C)CCC(O)[C@]2(C)O1. The molecule has 2 atom stereocenters. The molecule has 0 saturated heterocycles. The number of hydrogen-bond donors (Lipinski definition) is 1. The van der Waals surface area contributed by atoms with Gasteiger partial charge < -0.3 is 14.6 Å². The number of rotatable bonds is 1. The number of carbonyl (C=O) groups is 1. The summed E-state index contributed by atoms with van der Waals surface area (Å²) in [5.41, 5.74) is 0.160. The van der Waals surface area contributed by atoms with Crippen molar-refractivity contribution in [3.63, 3.8) is 0 Å². The van der Waals surface area contributed by atoms with Crippen LogP contribution in [0.4, 0.5) is 0 Å². The maximum atomic E-state index is 11.5. The van der Waals surface area contributed by atoms with Gasteiger partial charge in [0.1, 0.15) is 0 Å². The van der Waals surface area contributed by atoms with Gasteiger partial charge in [0, 0.05) is 0 Å². The minimum Gasteiger partial charge on any atom is -0.473 e. The summed E-state index contributed by atoms with van der Waals surface area (Å²) in [5.74, 6) is -0.359. The van der Waals surface area contributed by atoms with Crippen molar-refractivity contribution >= 4 is 5.97 Å². The Bertz CT molecular complexity index is 433. The molecule has 0 spiro atoms. The maximum Gasteiger partial charge on any atom is 0.373 e. The molecule has 18 heavy (non-hydrogen) atoms. The average Bonchev–Trinajstić information content (AvgIpc) is 2.33. The number of aliphatic hydroxyl groups excluding tert-OH is 1. The third-order valence-corrected chi connectivity index (χ3v) is 4.05. The van der Waals surface area contributed by atoms with Gasteiger partial charge in [0.15, 0.2) is 5.60 Å². The number of hydrogen-bond acceptors (Lipinski definition) is 4. The van der Waals surface area contributed by atoms with Crippen LogP contribution in [0.25, 0.3) is 0 Å². The molecule has 1 N–H and O–H groups in total. The maximum absolute atomic E-state index is 11.5. The highest BCUT2D eigenvalue weighted by atomic mass is 16.6. The Labute approximate surface area is 107 Å². The summed E-state index contributed by atoms with van der Waals surface area (Å²) in [6.45, 7) is 6.09. The van der Waals surface area contributed by atoms with Crippen LogP contribution in [0.5, 0.6) is 0 Å². The first kappa shape index (κ1) is 13.1. The van der Waals surface area contributed by atoms with E-state index in [9.17, 15) is 9.90 Å². The lowest BCUT2D eigenvalue weighted by atomic mass is 9.64. The molecule has 0 bridgehead atoms. The zero-order valence-electron chi connectivity index (χ0n) is 11.3. The highest BCUT2D eigenvalue weighted by Gasteiger charge is 2.51. The van der Waals surface area contributed by atoms with Crippen LogP contribution in [0.15, 0.2) is 23.5 Å². The summed E-state index contributed by atoms with van der Waals surface area (Å²) < 4.78 is 10.4. The first-order chi connectivity index (χ1) is 8.31. The molecule has 0 aromatic carbocycles. The highest BCUT2D eigenvalue weighted by Crippen LogP contribution is 2.49. The van der Waals surface area contributed by atoms with Gasteiger partial charge >= 0.3 is 5.97 Å². The fraction of sp³-hybridized carbons (Fsp3) is 0.643. The van der Waals surface area contributed by atoms with Crippen molar-refractivity contribution in [2.45, 2.75) is 45.3 Å². The first-order valence-electron chi connectivity index (χ1n) is 6.19.